The van der Waals surface area contributed by atoms with Crippen LogP contribution in [-0.4, -0.2) is 28.9 Å². The van der Waals surface area contributed by atoms with Gasteiger partial charge in [0.2, 0.25) is 0 Å². The summed E-state index contributed by atoms with van der Waals surface area (Å²) in [7, 11) is 0. The number of ether oxygens (including phenoxy) is 2. The number of carboxylic acid groups (broad SMARTS) is 1. The van der Waals surface area contributed by atoms with Gasteiger partial charge in [0.25, 0.3) is 0 Å². The smallest absolute Gasteiger partial charge is 0.480 e. The molecule has 1 heterocycles. The average Bonchev–Trinajstić information content (AvgIpc) is 2.61. The van der Waals surface area contributed by atoms with Gasteiger partial charge >= 0.3 is 18.3 Å². The number of amides is 2. The van der Waals surface area contributed by atoms with Crippen LogP contribution in [0, 0.1) is 0 Å². The lowest BCUT2D eigenvalue weighted by atomic mass is 10.1. The van der Waals surface area contributed by atoms with Crippen molar-refractivity contribution in [2.45, 2.75) is 25.7 Å². The van der Waals surface area contributed by atoms with Crippen molar-refractivity contribution in [2.24, 2.45) is 0 Å². The molecule has 0 bridgehead atoms. The number of rotatable bonds is 3. The van der Waals surface area contributed by atoms with Crippen molar-refractivity contribution in [2.75, 3.05) is 5.32 Å². The SMILES string of the molecule is CC(C)(NC(=O)Nc1ccc2c(c1)OC(F)(F)O2)C(=O)O. The first-order chi connectivity index (χ1) is 9.59. The summed E-state index contributed by atoms with van der Waals surface area (Å²) in [6, 6.07) is 2.86. The number of aliphatic carboxylic acids is 1. The molecule has 0 spiro atoms. The molecule has 0 aliphatic carbocycles. The first kappa shape index (κ1) is 14.8. The summed E-state index contributed by atoms with van der Waals surface area (Å²) < 4.78 is 34.1. The minimum atomic E-state index is -3.74. The topological polar surface area (TPSA) is 96.9 Å². The number of carbonyl (C=O) groups excluding carboxylic acids is 1. The second-order valence-corrected chi connectivity index (χ2v) is 4.84. The Labute approximate surface area is 117 Å². The van der Waals surface area contributed by atoms with Gasteiger partial charge in [0.1, 0.15) is 5.54 Å². The lowest BCUT2D eigenvalue weighted by Gasteiger charge is -2.21. The van der Waals surface area contributed by atoms with E-state index < -0.39 is 23.8 Å². The van der Waals surface area contributed by atoms with Crippen molar-refractivity contribution in [1.82, 2.24) is 5.32 Å². The van der Waals surface area contributed by atoms with Crippen LogP contribution in [0.15, 0.2) is 18.2 Å². The summed E-state index contributed by atoms with van der Waals surface area (Å²) in [5, 5.41) is 13.4. The van der Waals surface area contributed by atoms with Gasteiger partial charge in [-0.3, -0.25) is 0 Å². The summed E-state index contributed by atoms with van der Waals surface area (Å²) in [5.74, 6) is -1.60. The number of nitrogens with one attached hydrogen (secondary N) is 2. The third-order valence-electron chi connectivity index (χ3n) is 2.62. The maximum absolute atomic E-state index is 12.8. The fourth-order valence-corrected chi connectivity index (χ4v) is 1.53. The highest BCUT2D eigenvalue weighted by Crippen LogP contribution is 2.42. The summed E-state index contributed by atoms with van der Waals surface area (Å²) in [5.41, 5.74) is -1.33. The molecule has 0 saturated carbocycles. The molecular formula is C12H12F2N2O5. The Bertz CT molecular complexity index is 603. The summed E-state index contributed by atoms with van der Waals surface area (Å²) in [6.07, 6.45) is -3.74. The quantitative estimate of drug-likeness (QED) is 0.793. The molecule has 1 aromatic rings. The van der Waals surface area contributed by atoms with Gasteiger partial charge in [-0.15, -0.1) is 8.78 Å². The van der Waals surface area contributed by atoms with Crippen molar-refractivity contribution in [1.29, 1.82) is 0 Å². The molecule has 2 rings (SSSR count). The van der Waals surface area contributed by atoms with Crippen LogP contribution in [0.5, 0.6) is 11.5 Å². The fraction of sp³-hybridized carbons (Fsp3) is 0.333. The van der Waals surface area contributed by atoms with Crippen LogP contribution in [0.4, 0.5) is 19.3 Å². The summed E-state index contributed by atoms with van der Waals surface area (Å²) in [6.45, 7) is 2.60. The second kappa shape index (κ2) is 4.76. The maximum Gasteiger partial charge on any atom is 0.586 e. The molecule has 3 N–H and O–H groups in total. The molecule has 0 aromatic heterocycles. The minimum absolute atomic E-state index is 0.147. The largest absolute Gasteiger partial charge is 0.586 e. The van der Waals surface area contributed by atoms with E-state index in [9.17, 15) is 18.4 Å². The molecule has 9 heteroatoms. The molecular weight excluding hydrogens is 290 g/mol. The number of urea groups is 1. The van der Waals surface area contributed by atoms with Gasteiger partial charge in [-0.1, -0.05) is 0 Å². The van der Waals surface area contributed by atoms with E-state index in [1.807, 2.05) is 0 Å². The van der Waals surface area contributed by atoms with Crippen LogP contribution in [0.2, 0.25) is 0 Å². The molecule has 0 unspecified atom stereocenters. The predicted octanol–water partition coefficient (Wildman–Crippen LogP) is 1.99. The Morgan fingerprint density at radius 2 is 1.86 bits per heavy atom. The van der Waals surface area contributed by atoms with Crippen molar-refractivity contribution in [3.8, 4) is 11.5 Å². The number of benzene rings is 1. The van der Waals surface area contributed by atoms with E-state index in [-0.39, 0.29) is 17.2 Å². The molecule has 0 fully saturated rings. The Morgan fingerprint density at radius 3 is 2.48 bits per heavy atom. The number of anilines is 1. The highest BCUT2D eigenvalue weighted by molar-refractivity contribution is 5.93. The highest BCUT2D eigenvalue weighted by atomic mass is 19.3. The highest BCUT2D eigenvalue weighted by Gasteiger charge is 2.43. The molecule has 0 atom stereocenters. The number of carbonyl (C=O) groups is 2. The van der Waals surface area contributed by atoms with Crippen LogP contribution in [0.25, 0.3) is 0 Å². The van der Waals surface area contributed by atoms with Gasteiger partial charge in [-0.2, -0.15) is 0 Å². The number of alkyl halides is 2. The van der Waals surface area contributed by atoms with Gasteiger partial charge in [0.15, 0.2) is 11.5 Å². The zero-order valence-electron chi connectivity index (χ0n) is 11.1. The molecule has 114 valence electrons. The standard InChI is InChI=1S/C12H12F2N2O5/c1-11(2,9(17)18)16-10(19)15-6-3-4-7-8(5-6)21-12(13,14)20-7/h3-5H,1-2H3,(H,17,18)(H2,15,16,19). The third kappa shape index (κ3) is 3.30. The van der Waals surface area contributed by atoms with Gasteiger partial charge in [-0.05, 0) is 26.0 Å². The zero-order valence-corrected chi connectivity index (χ0v) is 11.1. The van der Waals surface area contributed by atoms with Crippen LogP contribution < -0.4 is 20.1 Å². The van der Waals surface area contributed by atoms with Gasteiger partial charge in [0, 0.05) is 11.8 Å². The molecule has 0 radical (unpaired) electrons. The number of fused-ring (bicyclic) bond motifs is 1. The Kier molecular flexibility index (Phi) is 3.36. The van der Waals surface area contributed by atoms with E-state index >= 15 is 0 Å². The molecule has 21 heavy (non-hydrogen) atoms. The molecule has 0 saturated heterocycles. The number of hydrogen-bond donors (Lipinski definition) is 3. The van der Waals surface area contributed by atoms with Crippen molar-refractivity contribution in [3.63, 3.8) is 0 Å². The molecule has 1 aliphatic heterocycles. The lowest BCUT2D eigenvalue weighted by Crippen LogP contribution is -2.51. The van der Waals surface area contributed by atoms with E-state index in [4.69, 9.17) is 5.11 Å². The molecule has 2 amide bonds. The van der Waals surface area contributed by atoms with E-state index in [0.717, 1.165) is 6.07 Å². The monoisotopic (exact) mass is 302 g/mol. The lowest BCUT2D eigenvalue weighted by molar-refractivity contribution is -0.286. The van der Waals surface area contributed by atoms with Crippen molar-refractivity contribution < 1.29 is 33.0 Å². The van der Waals surface area contributed by atoms with Crippen LogP contribution in [-0.2, 0) is 4.79 Å². The first-order valence-electron chi connectivity index (χ1n) is 5.81. The number of halogens is 2. The summed E-state index contributed by atoms with van der Waals surface area (Å²) >= 11 is 0. The van der Waals surface area contributed by atoms with Crippen molar-refractivity contribution >= 4 is 17.7 Å². The minimum Gasteiger partial charge on any atom is -0.480 e. The number of carboxylic acids is 1. The third-order valence-corrected chi connectivity index (χ3v) is 2.62. The maximum atomic E-state index is 12.8. The predicted molar refractivity (Wildman–Crippen MR) is 66.5 cm³/mol. The van der Waals surface area contributed by atoms with Crippen LogP contribution in [0.3, 0.4) is 0 Å². The number of hydrogen-bond acceptors (Lipinski definition) is 4. The Morgan fingerprint density at radius 1 is 1.24 bits per heavy atom. The van der Waals surface area contributed by atoms with E-state index in [0.29, 0.717) is 0 Å². The van der Waals surface area contributed by atoms with E-state index in [1.165, 1.54) is 26.0 Å². The van der Waals surface area contributed by atoms with Gasteiger partial charge in [0.05, 0.1) is 0 Å². The normalized spacial score (nSPS) is 15.4. The Balaban J connectivity index is 2.05. The van der Waals surface area contributed by atoms with Gasteiger partial charge in [-0.25, -0.2) is 9.59 Å². The van der Waals surface area contributed by atoms with Crippen LogP contribution in [0.1, 0.15) is 13.8 Å². The van der Waals surface area contributed by atoms with Gasteiger partial charge < -0.3 is 25.2 Å². The second-order valence-electron chi connectivity index (χ2n) is 4.84. The average molecular weight is 302 g/mol. The zero-order chi connectivity index (χ0) is 15.8. The summed E-state index contributed by atoms with van der Waals surface area (Å²) in [4.78, 5) is 22.5. The van der Waals surface area contributed by atoms with E-state index in [1.54, 1.807) is 0 Å². The first-order valence-corrected chi connectivity index (χ1v) is 5.81. The molecule has 1 aromatic carbocycles. The van der Waals surface area contributed by atoms with Crippen molar-refractivity contribution in [3.05, 3.63) is 18.2 Å². The Hall–Kier alpha value is -2.58. The molecule has 7 nitrogen and oxygen atoms in total. The molecule has 1 aliphatic rings. The van der Waals surface area contributed by atoms with E-state index in [2.05, 4.69) is 20.1 Å². The fourth-order valence-electron chi connectivity index (χ4n) is 1.53. The van der Waals surface area contributed by atoms with Crippen LogP contribution >= 0.6 is 0 Å².